The third kappa shape index (κ3) is 3.69. The average molecular weight is 458 g/mol. The molecule has 0 bridgehead atoms. The molecule has 0 aliphatic carbocycles. The second kappa shape index (κ2) is 8.83. The molecule has 0 radical (unpaired) electrons. The molecular weight excluding hydrogens is 436 g/mol. The molecule has 0 fully saturated rings. The molecule has 1 N–H and O–H groups in total. The fraction of sp³-hybridized carbons (Fsp3) is 0.167. The van der Waals surface area contributed by atoms with E-state index in [1.165, 1.54) is 6.20 Å². The van der Waals surface area contributed by atoms with Crippen LogP contribution in [-0.2, 0) is 11.3 Å². The van der Waals surface area contributed by atoms with Gasteiger partial charge in [0.2, 0.25) is 0 Å². The molecule has 172 valence electrons. The zero-order valence-corrected chi connectivity index (χ0v) is 18.6. The summed E-state index contributed by atoms with van der Waals surface area (Å²) in [6, 6.07) is 15.5. The molecule has 0 amide bonds. The van der Waals surface area contributed by atoms with Gasteiger partial charge in [-0.1, -0.05) is 30.3 Å². The van der Waals surface area contributed by atoms with E-state index in [0.717, 1.165) is 15.7 Å². The highest BCUT2D eigenvalue weighted by molar-refractivity contribution is 5.97. The number of carbonyl (C=O) groups is 1. The molecule has 5 rings (SSSR count). The smallest absolute Gasteiger partial charge is 0.343 e. The lowest BCUT2D eigenvalue weighted by Crippen LogP contribution is -2.20. The third-order valence-corrected chi connectivity index (χ3v) is 5.50. The maximum Gasteiger partial charge on any atom is 0.343 e. The number of benzene rings is 1. The van der Waals surface area contributed by atoms with E-state index < -0.39 is 5.97 Å². The average Bonchev–Trinajstić information content (AvgIpc) is 3.46. The van der Waals surface area contributed by atoms with Crippen LogP contribution < -0.4 is 9.89 Å². The number of hydrogen-bond acceptors (Lipinski definition) is 8. The molecule has 0 aliphatic rings. The molecule has 0 atom stereocenters. The largest absolute Gasteiger partial charge is 0.462 e. The van der Waals surface area contributed by atoms with Crippen molar-refractivity contribution in [1.82, 2.24) is 24.3 Å². The standard InChI is InChI=1S/C24H22N6O4/c1-3-33-24(31)18-13-26-30-21(28(2)14-16-8-5-4-6-9-16)12-20(27-23(18)30)19-15-29(34-32)22-17(19)10-7-11-25-22/h4-13,15,32H,3,14H2,1-2H3. The van der Waals surface area contributed by atoms with Crippen LogP contribution in [0.5, 0.6) is 0 Å². The zero-order valence-electron chi connectivity index (χ0n) is 18.6. The van der Waals surface area contributed by atoms with E-state index >= 15 is 0 Å². The summed E-state index contributed by atoms with van der Waals surface area (Å²) in [6.45, 7) is 2.60. The summed E-state index contributed by atoms with van der Waals surface area (Å²) in [6.07, 6.45) is 4.66. The van der Waals surface area contributed by atoms with Gasteiger partial charge in [0, 0.05) is 36.8 Å². The SMILES string of the molecule is CCOC(=O)c1cnn2c(N(C)Cc3ccccc3)cc(-c3cn(OO)c4ncccc34)nc12. The maximum absolute atomic E-state index is 12.6. The summed E-state index contributed by atoms with van der Waals surface area (Å²) >= 11 is 0. The van der Waals surface area contributed by atoms with E-state index in [1.54, 1.807) is 29.9 Å². The summed E-state index contributed by atoms with van der Waals surface area (Å²) in [5.74, 6) is 0.218. The lowest BCUT2D eigenvalue weighted by Gasteiger charge is -2.21. The van der Waals surface area contributed by atoms with Crippen molar-refractivity contribution in [2.45, 2.75) is 13.5 Å². The van der Waals surface area contributed by atoms with Crippen LogP contribution in [0.1, 0.15) is 22.8 Å². The molecule has 0 unspecified atom stereocenters. The summed E-state index contributed by atoms with van der Waals surface area (Å²) in [5.41, 5.74) is 3.40. The number of rotatable bonds is 7. The van der Waals surface area contributed by atoms with Crippen molar-refractivity contribution >= 4 is 28.5 Å². The van der Waals surface area contributed by atoms with Gasteiger partial charge in [0.05, 0.1) is 24.7 Å². The van der Waals surface area contributed by atoms with Gasteiger partial charge in [0.25, 0.3) is 0 Å². The number of hydrogen-bond donors (Lipinski definition) is 1. The van der Waals surface area contributed by atoms with Crippen LogP contribution in [0.25, 0.3) is 27.9 Å². The van der Waals surface area contributed by atoms with Gasteiger partial charge in [-0.3, -0.25) is 0 Å². The van der Waals surface area contributed by atoms with Gasteiger partial charge in [-0.15, -0.1) is 4.73 Å². The minimum atomic E-state index is -0.499. The quantitative estimate of drug-likeness (QED) is 0.225. The van der Waals surface area contributed by atoms with Gasteiger partial charge >= 0.3 is 5.97 Å². The predicted molar refractivity (Wildman–Crippen MR) is 125 cm³/mol. The Morgan fingerprint density at radius 2 is 1.97 bits per heavy atom. The van der Waals surface area contributed by atoms with Gasteiger partial charge in [0.1, 0.15) is 11.4 Å². The van der Waals surface area contributed by atoms with E-state index in [4.69, 9.17) is 9.72 Å². The molecule has 10 heteroatoms. The van der Waals surface area contributed by atoms with E-state index in [2.05, 4.69) is 15.1 Å². The van der Waals surface area contributed by atoms with Gasteiger partial charge in [0.15, 0.2) is 11.3 Å². The molecule has 0 saturated carbocycles. The Balaban J connectivity index is 1.71. The van der Waals surface area contributed by atoms with Gasteiger partial charge in [-0.2, -0.15) is 14.9 Å². The molecule has 0 spiro atoms. The first-order valence-electron chi connectivity index (χ1n) is 10.7. The Bertz CT molecular complexity index is 1480. The molecule has 1 aromatic carbocycles. The molecule has 34 heavy (non-hydrogen) atoms. The van der Waals surface area contributed by atoms with Crippen LogP contribution >= 0.6 is 0 Å². The lowest BCUT2D eigenvalue weighted by molar-refractivity contribution is -0.238. The van der Waals surface area contributed by atoms with Crippen molar-refractivity contribution in [2.24, 2.45) is 0 Å². The summed E-state index contributed by atoms with van der Waals surface area (Å²) < 4.78 is 8.00. The fourth-order valence-corrected chi connectivity index (χ4v) is 3.95. The highest BCUT2D eigenvalue weighted by atomic mass is 17.2. The summed E-state index contributed by atoms with van der Waals surface area (Å²) in [5, 5.41) is 14.5. The molecule has 0 saturated heterocycles. The van der Waals surface area contributed by atoms with Crippen LogP contribution in [0, 0.1) is 0 Å². The Morgan fingerprint density at radius 1 is 1.15 bits per heavy atom. The number of nitrogens with zero attached hydrogens (tertiary/aromatic N) is 6. The number of esters is 1. The van der Waals surface area contributed by atoms with E-state index in [0.29, 0.717) is 34.9 Å². The minimum Gasteiger partial charge on any atom is -0.462 e. The normalized spacial score (nSPS) is 11.1. The third-order valence-electron chi connectivity index (χ3n) is 5.50. The van der Waals surface area contributed by atoms with Crippen LogP contribution in [0.15, 0.2) is 67.1 Å². The summed E-state index contributed by atoms with van der Waals surface area (Å²) in [4.78, 5) is 28.1. The lowest BCUT2D eigenvalue weighted by atomic mass is 10.1. The van der Waals surface area contributed by atoms with E-state index in [9.17, 15) is 10.1 Å². The first kappa shape index (κ1) is 21.4. The molecular formula is C24H22N6O4. The maximum atomic E-state index is 12.6. The van der Waals surface area contributed by atoms with E-state index in [1.807, 2.05) is 54.4 Å². The Hall–Kier alpha value is -4.44. The van der Waals surface area contributed by atoms with Crippen molar-refractivity contribution in [3.05, 3.63) is 78.2 Å². The van der Waals surface area contributed by atoms with Crippen molar-refractivity contribution in [2.75, 3.05) is 18.6 Å². The predicted octanol–water partition coefficient (Wildman–Crippen LogP) is 3.46. The van der Waals surface area contributed by atoms with Crippen molar-refractivity contribution in [3.8, 4) is 11.3 Å². The van der Waals surface area contributed by atoms with E-state index in [-0.39, 0.29) is 12.2 Å². The zero-order chi connectivity index (χ0) is 23.7. The van der Waals surface area contributed by atoms with Gasteiger partial charge in [-0.05, 0) is 24.6 Å². The molecule has 10 nitrogen and oxygen atoms in total. The number of fused-ring (bicyclic) bond motifs is 2. The highest BCUT2D eigenvalue weighted by Gasteiger charge is 2.22. The van der Waals surface area contributed by atoms with Crippen LogP contribution in [-0.4, -0.2) is 49.2 Å². The topological polar surface area (TPSA) is 107 Å². The van der Waals surface area contributed by atoms with Crippen LogP contribution in [0.3, 0.4) is 0 Å². The Kier molecular flexibility index (Phi) is 5.56. The number of ether oxygens (including phenoxy) is 1. The monoisotopic (exact) mass is 458 g/mol. The molecule has 5 aromatic rings. The molecule has 4 heterocycles. The highest BCUT2D eigenvalue weighted by Crippen LogP contribution is 2.32. The van der Waals surface area contributed by atoms with Gasteiger partial charge in [-0.25, -0.2) is 19.8 Å². The number of anilines is 1. The fourth-order valence-electron chi connectivity index (χ4n) is 3.95. The second-order valence-electron chi connectivity index (χ2n) is 7.68. The first-order valence-corrected chi connectivity index (χ1v) is 10.7. The van der Waals surface area contributed by atoms with Crippen LogP contribution in [0.4, 0.5) is 5.82 Å². The number of aromatic nitrogens is 5. The summed E-state index contributed by atoms with van der Waals surface area (Å²) in [7, 11) is 1.94. The first-order chi connectivity index (χ1) is 16.6. The van der Waals surface area contributed by atoms with Crippen molar-refractivity contribution < 1.29 is 19.8 Å². The van der Waals surface area contributed by atoms with Gasteiger partial charge < -0.3 is 9.64 Å². The Morgan fingerprint density at radius 3 is 2.74 bits per heavy atom. The van der Waals surface area contributed by atoms with Crippen molar-refractivity contribution in [1.29, 1.82) is 0 Å². The van der Waals surface area contributed by atoms with Crippen LogP contribution in [0.2, 0.25) is 0 Å². The number of pyridine rings is 1. The molecule has 0 aliphatic heterocycles. The number of carbonyl (C=O) groups excluding carboxylic acids is 1. The second-order valence-corrected chi connectivity index (χ2v) is 7.68. The Labute approximate surface area is 194 Å². The minimum absolute atomic E-state index is 0.240. The van der Waals surface area contributed by atoms with Crippen molar-refractivity contribution in [3.63, 3.8) is 0 Å². The molecule has 4 aromatic heterocycles.